The van der Waals surface area contributed by atoms with Gasteiger partial charge in [-0.25, -0.2) is 0 Å². The molecule has 114 valence electrons. The van der Waals surface area contributed by atoms with E-state index in [-0.39, 0.29) is 24.0 Å². The summed E-state index contributed by atoms with van der Waals surface area (Å²) >= 11 is 0. The van der Waals surface area contributed by atoms with Gasteiger partial charge in [-0.15, -0.1) is 24.0 Å². The van der Waals surface area contributed by atoms with E-state index >= 15 is 0 Å². The molecule has 0 radical (unpaired) electrons. The summed E-state index contributed by atoms with van der Waals surface area (Å²) in [7, 11) is 0. The minimum atomic E-state index is 0. The Morgan fingerprint density at radius 3 is 2.42 bits per heavy atom. The molecule has 0 aliphatic carbocycles. The van der Waals surface area contributed by atoms with Gasteiger partial charge >= 0.3 is 0 Å². The van der Waals surface area contributed by atoms with Crippen molar-refractivity contribution in [3.05, 3.63) is 0 Å². The number of nitrogens with one attached hydrogen (secondary N) is 2. The summed E-state index contributed by atoms with van der Waals surface area (Å²) in [6.07, 6.45) is 2.77. The van der Waals surface area contributed by atoms with Crippen LogP contribution in [0.3, 0.4) is 0 Å². The third kappa shape index (κ3) is 6.79. The van der Waals surface area contributed by atoms with Gasteiger partial charge in [0.05, 0.1) is 6.10 Å². The molecule has 0 aromatic carbocycles. The van der Waals surface area contributed by atoms with Crippen molar-refractivity contribution in [1.82, 2.24) is 10.6 Å². The molecule has 1 heterocycles. The molecule has 2 atom stereocenters. The number of rotatable bonds is 5. The lowest BCUT2D eigenvalue weighted by Crippen LogP contribution is -2.39. The molecule has 0 bridgehead atoms. The molecule has 5 heteroatoms. The lowest BCUT2D eigenvalue weighted by molar-refractivity contribution is -0.0491. The largest absolute Gasteiger partial charge is 0.378 e. The lowest BCUT2D eigenvalue weighted by Gasteiger charge is -2.33. The van der Waals surface area contributed by atoms with Crippen LogP contribution in [0.2, 0.25) is 0 Å². The zero-order chi connectivity index (χ0) is 13.4. The van der Waals surface area contributed by atoms with E-state index in [0.717, 1.165) is 32.2 Å². The number of guanidine groups is 1. The Labute approximate surface area is 135 Å². The first kappa shape index (κ1) is 19.0. The van der Waals surface area contributed by atoms with E-state index < -0.39 is 0 Å². The number of halogens is 1. The maximum Gasteiger partial charge on any atom is 0.191 e. The molecule has 1 fully saturated rings. The Morgan fingerprint density at radius 2 is 1.89 bits per heavy atom. The second-order valence-electron chi connectivity index (χ2n) is 5.23. The fourth-order valence-corrected chi connectivity index (χ4v) is 2.51. The van der Waals surface area contributed by atoms with E-state index in [1.165, 1.54) is 12.8 Å². The lowest BCUT2D eigenvalue weighted by atomic mass is 9.87. The van der Waals surface area contributed by atoms with E-state index in [1.807, 2.05) is 0 Å². The molecule has 0 saturated carbocycles. The standard InChI is InChI=1S/C14H29N3O.HI/c1-5-15-14(16-6-2)17-10-12-8-7-9-18-13(12)11(3)4;/h11-13H,5-10H2,1-4H3,(H2,15,16,17);1H. The molecule has 0 aromatic heterocycles. The van der Waals surface area contributed by atoms with Gasteiger partial charge in [0.2, 0.25) is 0 Å². The van der Waals surface area contributed by atoms with Gasteiger partial charge in [-0.1, -0.05) is 13.8 Å². The van der Waals surface area contributed by atoms with Crippen LogP contribution >= 0.6 is 24.0 Å². The van der Waals surface area contributed by atoms with Crippen molar-refractivity contribution < 1.29 is 4.74 Å². The summed E-state index contributed by atoms with van der Waals surface area (Å²) in [6, 6.07) is 0. The smallest absolute Gasteiger partial charge is 0.191 e. The van der Waals surface area contributed by atoms with Crippen LogP contribution in [-0.4, -0.2) is 38.3 Å². The Morgan fingerprint density at radius 1 is 1.26 bits per heavy atom. The van der Waals surface area contributed by atoms with Gasteiger partial charge in [0.15, 0.2) is 5.96 Å². The van der Waals surface area contributed by atoms with E-state index in [4.69, 9.17) is 4.74 Å². The fourth-order valence-electron chi connectivity index (χ4n) is 2.51. The van der Waals surface area contributed by atoms with E-state index in [9.17, 15) is 0 Å². The van der Waals surface area contributed by atoms with Crippen molar-refractivity contribution >= 4 is 29.9 Å². The first-order valence-corrected chi connectivity index (χ1v) is 7.32. The molecule has 1 aliphatic heterocycles. The van der Waals surface area contributed by atoms with Crippen molar-refractivity contribution in [3.8, 4) is 0 Å². The van der Waals surface area contributed by atoms with Crippen molar-refractivity contribution in [2.45, 2.75) is 46.6 Å². The Hall–Kier alpha value is -0.0400. The monoisotopic (exact) mass is 383 g/mol. The molecule has 1 aliphatic rings. The van der Waals surface area contributed by atoms with Gasteiger partial charge in [-0.3, -0.25) is 4.99 Å². The van der Waals surface area contributed by atoms with Gasteiger partial charge < -0.3 is 15.4 Å². The first-order chi connectivity index (χ1) is 8.69. The normalized spacial score (nSPS) is 22.6. The predicted molar refractivity (Wildman–Crippen MR) is 92.4 cm³/mol. The molecule has 2 unspecified atom stereocenters. The summed E-state index contributed by atoms with van der Waals surface area (Å²) < 4.78 is 5.89. The zero-order valence-electron chi connectivity index (χ0n) is 12.7. The third-order valence-corrected chi connectivity index (χ3v) is 3.32. The third-order valence-electron chi connectivity index (χ3n) is 3.32. The van der Waals surface area contributed by atoms with Crippen LogP contribution in [0.1, 0.15) is 40.5 Å². The zero-order valence-corrected chi connectivity index (χ0v) is 15.1. The minimum Gasteiger partial charge on any atom is -0.378 e. The van der Waals surface area contributed by atoms with Crippen LogP contribution < -0.4 is 10.6 Å². The fraction of sp³-hybridized carbons (Fsp3) is 0.929. The second-order valence-corrected chi connectivity index (χ2v) is 5.23. The maximum atomic E-state index is 5.89. The van der Waals surface area contributed by atoms with Crippen molar-refractivity contribution in [2.24, 2.45) is 16.8 Å². The van der Waals surface area contributed by atoms with E-state index in [0.29, 0.717) is 17.9 Å². The Kier molecular flexibility index (Phi) is 10.7. The van der Waals surface area contributed by atoms with Gasteiger partial charge in [0, 0.05) is 32.2 Å². The van der Waals surface area contributed by atoms with E-state index in [2.05, 4.69) is 43.3 Å². The van der Waals surface area contributed by atoms with Crippen LogP contribution in [0.15, 0.2) is 4.99 Å². The maximum absolute atomic E-state index is 5.89. The van der Waals surface area contributed by atoms with Gasteiger partial charge in [0.1, 0.15) is 0 Å². The molecule has 0 amide bonds. The Balaban J connectivity index is 0.00000324. The van der Waals surface area contributed by atoms with E-state index in [1.54, 1.807) is 0 Å². The minimum absolute atomic E-state index is 0. The highest BCUT2D eigenvalue weighted by molar-refractivity contribution is 14.0. The van der Waals surface area contributed by atoms with Crippen molar-refractivity contribution in [2.75, 3.05) is 26.2 Å². The van der Waals surface area contributed by atoms with Gasteiger partial charge in [-0.05, 0) is 32.6 Å². The van der Waals surface area contributed by atoms with Crippen LogP contribution in [-0.2, 0) is 4.74 Å². The number of ether oxygens (including phenoxy) is 1. The van der Waals surface area contributed by atoms with Crippen LogP contribution in [0.4, 0.5) is 0 Å². The molecule has 4 nitrogen and oxygen atoms in total. The highest BCUT2D eigenvalue weighted by Gasteiger charge is 2.28. The number of aliphatic imine (C=N–C) groups is 1. The average molecular weight is 383 g/mol. The molecule has 0 spiro atoms. The predicted octanol–water partition coefficient (Wildman–Crippen LogP) is 2.63. The molecule has 19 heavy (non-hydrogen) atoms. The topological polar surface area (TPSA) is 45.7 Å². The number of hydrogen-bond acceptors (Lipinski definition) is 2. The quantitative estimate of drug-likeness (QED) is 0.436. The summed E-state index contributed by atoms with van der Waals surface area (Å²) in [5.74, 6) is 2.06. The highest BCUT2D eigenvalue weighted by Crippen LogP contribution is 2.26. The summed E-state index contributed by atoms with van der Waals surface area (Å²) in [6.45, 7) is 12.2. The van der Waals surface area contributed by atoms with Crippen molar-refractivity contribution in [3.63, 3.8) is 0 Å². The van der Waals surface area contributed by atoms with Crippen LogP contribution in [0.5, 0.6) is 0 Å². The van der Waals surface area contributed by atoms with Crippen molar-refractivity contribution in [1.29, 1.82) is 0 Å². The Bertz CT molecular complexity index is 251. The first-order valence-electron chi connectivity index (χ1n) is 7.32. The number of nitrogens with zero attached hydrogens (tertiary/aromatic N) is 1. The SMILES string of the molecule is CCNC(=NCC1CCCOC1C(C)C)NCC.I. The molecule has 2 N–H and O–H groups in total. The molecular formula is C14H30IN3O. The molecular weight excluding hydrogens is 353 g/mol. The summed E-state index contributed by atoms with van der Waals surface area (Å²) in [4.78, 5) is 4.67. The van der Waals surface area contributed by atoms with Crippen LogP contribution in [0.25, 0.3) is 0 Å². The molecule has 1 saturated heterocycles. The average Bonchev–Trinajstić information content (AvgIpc) is 2.36. The van der Waals surface area contributed by atoms with Gasteiger partial charge in [0.25, 0.3) is 0 Å². The summed E-state index contributed by atoms with van der Waals surface area (Å²) in [5.41, 5.74) is 0. The molecule has 0 aromatic rings. The van der Waals surface area contributed by atoms with Gasteiger partial charge in [-0.2, -0.15) is 0 Å². The highest BCUT2D eigenvalue weighted by atomic mass is 127. The summed E-state index contributed by atoms with van der Waals surface area (Å²) in [5, 5.41) is 6.53. The number of hydrogen-bond donors (Lipinski definition) is 2. The molecule has 1 rings (SSSR count). The second kappa shape index (κ2) is 10.7. The van der Waals surface area contributed by atoms with Crippen LogP contribution in [0, 0.1) is 11.8 Å².